The van der Waals surface area contributed by atoms with E-state index in [2.05, 4.69) is 26.2 Å². The van der Waals surface area contributed by atoms with E-state index in [0.29, 0.717) is 11.2 Å². The second-order valence-electron chi connectivity index (χ2n) is 6.24. The van der Waals surface area contributed by atoms with E-state index >= 15 is 0 Å². The van der Waals surface area contributed by atoms with Crippen LogP contribution in [0.25, 0.3) is 11.2 Å². The van der Waals surface area contributed by atoms with Crippen LogP contribution in [0.3, 0.4) is 0 Å². The molecule has 0 spiro atoms. The molecule has 1 aliphatic rings. The molecule has 2 aromatic heterocycles. The molecular weight excluding hydrogens is 362 g/mol. The summed E-state index contributed by atoms with van der Waals surface area (Å²) in [7, 11) is 0. The number of halogens is 1. The van der Waals surface area contributed by atoms with Crippen molar-refractivity contribution in [3.63, 3.8) is 0 Å². The number of nitrogens with one attached hydrogen (secondary N) is 1. The molecule has 3 N–H and O–H groups in total. The van der Waals surface area contributed by atoms with Gasteiger partial charge in [-0.2, -0.15) is 9.97 Å². The van der Waals surface area contributed by atoms with Gasteiger partial charge in [0, 0.05) is 5.92 Å². The molecule has 2 aromatic rings. The second kappa shape index (κ2) is 7.17. The molecule has 3 heterocycles. The summed E-state index contributed by atoms with van der Waals surface area (Å²) in [6.45, 7) is 3.09. The molecule has 1 unspecified atom stereocenters. The van der Waals surface area contributed by atoms with E-state index in [1.165, 1.54) is 10.9 Å². The zero-order valence-electron chi connectivity index (χ0n) is 14.1. The number of imidazole rings is 1. The van der Waals surface area contributed by atoms with E-state index in [1.54, 1.807) is 13.8 Å². The predicted octanol–water partition coefficient (Wildman–Crippen LogP) is 0.574. The minimum Gasteiger partial charge on any atom is -0.394 e. The number of anilines is 1. The molecule has 1 saturated heterocycles. The first-order valence-corrected chi connectivity index (χ1v) is 8.36. The van der Waals surface area contributed by atoms with E-state index in [1.807, 2.05) is 0 Å². The first-order chi connectivity index (χ1) is 12.4. The zero-order valence-corrected chi connectivity index (χ0v) is 14.9. The van der Waals surface area contributed by atoms with Crippen molar-refractivity contribution in [1.82, 2.24) is 19.5 Å². The summed E-state index contributed by atoms with van der Waals surface area (Å²) in [4.78, 5) is 24.4. The van der Waals surface area contributed by atoms with Crippen LogP contribution >= 0.6 is 11.6 Å². The van der Waals surface area contributed by atoms with Crippen LogP contribution in [-0.4, -0.2) is 54.5 Å². The molecule has 1 amide bonds. The standard InChI is InChI=1S/C16H18ClN5O4/c1-4-8-11(24)9(5-23)26-15(8)22-6-18-10-12(17)19-16(20-13(10)22)21-14(25)7(2)3/h1,6-9,11,15,23-24H,5H2,2-3H3,(H,19,20,21,25)/t8-,9+,11-,15?/m0/s1. The first kappa shape index (κ1) is 18.5. The van der Waals surface area contributed by atoms with Gasteiger partial charge in [-0.05, 0) is 0 Å². The van der Waals surface area contributed by atoms with Crippen LogP contribution in [0.5, 0.6) is 0 Å². The SMILES string of the molecule is C#C[C@@H]1C(n2cnc3c(Cl)nc(NC(=O)C(C)C)nc32)O[C@H](CO)[C@H]1O. The summed E-state index contributed by atoms with van der Waals surface area (Å²) in [6.07, 6.45) is 4.28. The van der Waals surface area contributed by atoms with Crippen LogP contribution in [0, 0.1) is 24.2 Å². The highest BCUT2D eigenvalue weighted by atomic mass is 35.5. The highest BCUT2D eigenvalue weighted by Crippen LogP contribution is 2.36. The number of rotatable bonds is 4. The van der Waals surface area contributed by atoms with Crippen molar-refractivity contribution in [2.24, 2.45) is 11.8 Å². The molecule has 0 aromatic carbocycles. The third-order valence-corrected chi connectivity index (χ3v) is 4.42. The number of aliphatic hydroxyl groups excluding tert-OH is 2. The fraction of sp³-hybridized carbons (Fsp3) is 0.500. The number of carbonyl (C=O) groups excluding carboxylic acids is 1. The second-order valence-corrected chi connectivity index (χ2v) is 6.59. The maximum absolute atomic E-state index is 11.9. The van der Waals surface area contributed by atoms with Crippen LogP contribution in [0.15, 0.2) is 6.33 Å². The molecule has 10 heteroatoms. The zero-order chi connectivity index (χ0) is 19.0. The average molecular weight is 380 g/mol. The fourth-order valence-electron chi connectivity index (χ4n) is 2.69. The van der Waals surface area contributed by atoms with Gasteiger partial charge in [-0.1, -0.05) is 31.4 Å². The number of amides is 1. The predicted molar refractivity (Wildman–Crippen MR) is 93.1 cm³/mol. The van der Waals surface area contributed by atoms with Crippen molar-refractivity contribution in [2.45, 2.75) is 32.3 Å². The molecule has 0 saturated carbocycles. The lowest BCUT2D eigenvalue weighted by Gasteiger charge is -2.17. The van der Waals surface area contributed by atoms with Gasteiger partial charge in [0.2, 0.25) is 11.9 Å². The summed E-state index contributed by atoms with van der Waals surface area (Å²) in [5, 5.41) is 22.2. The summed E-state index contributed by atoms with van der Waals surface area (Å²) < 4.78 is 7.18. The van der Waals surface area contributed by atoms with Crippen molar-refractivity contribution < 1.29 is 19.7 Å². The summed E-state index contributed by atoms with van der Waals surface area (Å²) >= 11 is 6.15. The van der Waals surface area contributed by atoms with E-state index in [9.17, 15) is 15.0 Å². The Morgan fingerprint density at radius 1 is 1.54 bits per heavy atom. The Kier molecular flexibility index (Phi) is 5.11. The first-order valence-electron chi connectivity index (χ1n) is 7.98. The molecule has 9 nitrogen and oxygen atoms in total. The Morgan fingerprint density at radius 2 is 2.27 bits per heavy atom. The number of hydrogen-bond donors (Lipinski definition) is 3. The number of carbonyl (C=O) groups is 1. The van der Waals surface area contributed by atoms with Gasteiger partial charge in [0.05, 0.1) is 18.9 Å². The minimum absolute atomic E-state index is 0.0254. The summed E-state index contributed by atoms with van der Waals surface area (Å²) in [6, 6.07) is 0. The van der Waals surface area contributed by atoms with Crippen molar-refractivity contribution in [3.05, 3.63) is 11.5 Å². The number of aliphatic hydroxyl groups is 2. The Bertz CT molecular complexity index is 877. The van der Waals surface area contributed by atoms with Gasteiger partial charge in [0.1, 0.15) is 17.7 Å². The number of fused-ring (bicyclic) bond motifs is 1. The largest absolute Gasteiger partial charge is 0.394 e. The van der Waals surface area contributed by atoms with Gasteiger partial charge in [0.15, 0.2) is 17.0 Å². The van der Waals surface area contributed by atoms with Crippen LogP contribution in [0.2, 0.25) is 5.15 Å². The van der Waals surface area contributed by atoms with Crippen molar-refractivity contribution in [1.29, 1.82) is 0 Å². The molecule has 1 aliphatic heterocycles. The maximum atomic E-state index is 11.9. The number of hydrogen-bond acceptors (Lipinski definition) is 7. The van der Waals surface area contributed by atoms with Crippen LogP contribution in [0.1, 0.15) is 20.1 Å². The fourth-order valence-corrected chi connectivity index (χ4v) is 2.91. The quantitative estimate of drug-likeness (QED) is 0.524. The molecule has 1 fully saturated rings. The van der Waals surface area contributed by atoms with Crippen molar-refractivity contribution >= 4 is 34.6 Å². The Balaban J connectivity index is 2.03. The molecule has 138 valence electrons. The number of aromatic nitrogens is 4. The summed E-state index contributed by atoms with van der Waals surface area (Å²) in [5.74, 6) is 1.26. The number of nitrogens with zero attached hydrogens (tertiary/aromatic N) is 4. The lowest BCUT2D eigenvalue weighted by molar-refractivity contribution is -0.118. The third-order valence-electron chi connectivity index (χ3n) is 4.16. The van der Waals surface area contributed by atoms with E-state index < -0.39 is 24.4 Å². The summed E-state index contributed by atoms with van der Waals surface area (Å²) in [5.41, 5.74) is 0.593. The molecule has 3 rings (SSSR count). The molecule has 26 heavy (non-hydrogen) atoms. The highest BCUT2D eigenvalue weighted by molar-refractivity contribution is 6.33. The van der Waals surface area contributed by atoms with Crippen molar-refractivity contribution in [3.8, 4) is 12.3 Å². The molecule has 0 aliphatic carbocycles. The maximum Gasteiger partial charge on any atom is 0.232 e. The van der Waals surface area contributed by atoms with Gasteiger partial charge < -0.3 is 14.9 Å². The third kappa shape index (κ3) is 3.12. The molecule has 0 radical (unpaired) electrons. The monoisotopic (exact) mass is 379 g/mol. The van der Waals surface area contributed by atoms with Gasteiger partial charge in [-0.15, -0.1) is 6.42 Å². The van der Waals surface area contributed by atoms with E-state index in [4.69, 9.17) is 22.8 Å². The van der Waals surface area contributed by atoms with Crippen LogP contribution < -0.4 is 5.32 Å². The Hall–Kier alpha value is -2.25. The van der Waals surface area contributed by atoms with Gasteiger partial charge in [-0.25, -0.2) is 4.98 Å². The number of ether oxygens (including phenoxy) is 1. The average Bonchev–Trinajstić information content (AvgIpc) is 3.15. The molecular formula is C16H18ClN5O4. The topological polar surface area (TPSA) is 122 Å². The van der Waals surface area contributed by atoms with Crippen molar-refractivity contribution in [2.75, 3.05) is 11.9 Å². The van der Waals surface area contributed by atoms with Crippen LogP contribution in [-0.2, 0) is 9.53 Å². The van der Waals surface area contributed by atoms with E-state index in [0.717, 1.165) is 0 Å². The van der Waals surface area contributed by atoms with Crippen LogP contribution in [0.4, 0.5) is 5.95 Å². The van der Waals surface area contributed by atoms with Gasteiger partial charge in [0.25, 0.3) is 0 Å². The van der Waals surface area contributed by atoms with E-state index in [-0.39, 0.29) is 29.5 Å². The Morgan fingerprint density at radius 3 is 2.88 bits per heavy atom. The van der Waals surface area contributed by atoms with Gasteiger partial charge in [-0.3, -0.25) is 14.7 Å². The Labute approximate surface area is 154 Å². The van der Waals surface area contributed by atoms with Gasteiger partial charge >= 0.3 is 0 Å². The molecule has 0 bridgehead atoms. The highest BCUT2D eigenvalue weighted by Gasteiger charge is 2.44. The normalized spacial score (nSPS) is 25.6. The smallest absolute Gasteiger partial charge is 0.232 e. The molecule has 4 atom stereocenters. The minimum atomic E-state index is -1.04. The lowest BCUT2D eigenvalue weighted by atomic mass is 10.0. The lowest BCUT2D eigenvalue weighted by Crippen LogP contribution is -2.28. The number of terminal acetylenes is 1.